The number of hydrogen-bond acceptors (Lipinski definition) is 2. The number of carbonyl (C=O) groups excluding carboxylic acids is 1. The number of amides is 1. The molecule has 1 aliphatic heterocycles. The molecule has 3 rings (SSSR count). The summed E-state index contributed by atoms with van der Waals surface area (Å²) >= 11 is 0. The highest BCUT2D eigenvalue weighted by Crippen LogP contribution is 2.30. The van der Waals surface area contributed by atoms with Crippen LogP contribution in [0.5, 0.6) is 0 Å². The number of nitrogens with one attached hydrogen (secondary N) is 1. The zero-order chi connectivity index (χ0) is 15.0. The fraction of sp³-hybridized carbons (Fsp3) is 0.529. The van der Waals surface area contributed by atoms with Gasteiger partial charge >= 0.3 is 0 Å². The number of hydrogen-bond donors (Lipinski definition) is 1. The van der Waals surface area contributed by atoms with Crippen LogP contribution in [0.3, 0.4) is 0 Å². The number of nitrogens with zero attached hydrogens (tertiary/aromatic N) is 2. The Labute approximate surface area is 125 Å². The van der Waals surface area contributed by atoms with Gasteiger partial charge in [0, 0.05) is 41.7 Å². The Morgan fingerprint density at radius 1 is 1.43 bits per heavy atom. The minimum absolute atomic E-state index is 0.251. The number of likely N-dealkylation sites (tertiary alicyclic amines) is 1. The largest absolute Gasteiger partial charge is 0.343 e. The molecule has 0 saturated carbocycles. The third kappa shape index (κ3) is 2.80. The SMILES string of the molecule is CC(C)(C)C(=O)N1CCC[C@@H](c2cc3cccnc3[nH]2)C1. The summed E-state index contributed by atoms with van der Waals surface area (Å²) in [5.74, 6) is 0.640. The molecule has 0 radical (unpaired) electrons. The first-order valence-electron chi connectivity index (χ1n) is 7.68. The van der Waals surface area contributed by atoms with Gasteiger partial charge in [0.1, 0.15) is 5.65 Å². The fourth-order valence-electron chi connectivity index (χ4n) is 3.09. The third-order valence-corrected chi connectivity index (χ3v) is 4.20. The number of rotatable bonds is 1. The zero-order valence-corrected chi connectivity index (χ0v) is 13.0. The fourth-order valence-corrected chi connectivity index (χ4v) is 3.09. The van der Waals surface area contributed by atoms with Crippen LogP contribution in [0.2, 0.25) is 0 Å². The first-order chi connectivity index (χ1) is 9.95. The summed E-state index contributed by atoms with van der Waals surface area (Å²) in [5.41, 5.74) is 1.84. The van der Waals surface area contributed by atoms with E-state index >= 15 is 0 Å². The van der Waals surface area contributed by atoms with Gasteiger partial charge in [-0.15, -0.1) is 0 Å². The molecule has 0 unspecified atom stereocenters. The normalized spacial score (nSPS) is 20.0. The molecule has 0 aliphatic carbocycles. The molecule has 4 nitrogen and oxygen atoms in total. The van der Waals surface area contributed by atoms with E-state index in [2.05, 4.69) is 22.1 Å². The second-order valence-electron chi connectivity index (χ2n) is 7.01. The lowest BCUT2D eigenvalue weighted by Crippen LogP contribution is -2.44. The van der Waals surface area contributed by atoms with Crippen molar-refractivity contribution in [3.63, 3.8) is 0 Å². The van der Waals surface area contributed by atoms with Crippen LogP contribution in [-0.2, 0) is 4.79 Å². The van der Waals surface area contributed by atoms with Crippen molar-refractivity contribution in [2.24, 2.45) is 5.41 Å². The van der Waals surface area contributed by atoms with E-state index in [-0.39, 0.29) is 11.3 Å². The summed E-state index contributed by atoms with van der Waals surface area (Å²) in [7, 11) is 0. The van der Waals surface area contributed by atoms with E-state index in [1.807, 2.05) is 31.7 Å². The molecule has 3 heterocycles. The van der Waals surface area contributed by atoms with Crippen LogP contribution >= 0.6 is 0 Å². The number of aromatic amines is 1. The highest BCUT2D eigenvalue weighted by atomic mass is 16.2. The molecule has 0 aromatic carbocycles. The summed E-state index contributed by atoms with van der Waals surface area (Å²) < 4.78 is 0. The highest BCUT2D eigenvalue weighted by molar-refractivity contribution is 5.82. The molecule has 1 aliphatic rings. The second-order valence-corrected chi connectivity index (χ2v) is 7.01. The maximum atomic E-state index is 12.5. The molecule has 0 bridgehead atoms. The van der Waals surface area contributed by atoms with E-state index in [1.165, 1.54) is 5.69 Å². The Morgan fingerprint density at radius 2 is 2.24 bits per heavy atom. The molecule has 1 saturated heterocycles. The summed E-state index contributed by atoms with van der Waals surface area (Å²) in [6.45, 7) is 7.66. The lowest BCUT2D eigenvalue weighted by molar-refractivity contribution is -0.140. The summed E-state index contributed by atoms with van der Waals surface area (Å²) in [6, 6.07) is 6.21. The van der Waals surface area contributed by atoms with Crippen LogP contribution in [-0.4, -0.2) is 33.9 Å². The van der Waals surface area contributed by atoms with Crippen LogP contribution in [0, 0.1) is 5.41 Å². The van der Waals surface area contributed by atoms with Gasteiger partial charge in [0.25, 0.3) is 0 Å². The van der Waals surface area contributed by atoms with Crippen molar-refractivity contribution in [3.8, 4) is 0 Å². The van der Waals surface area contributed by atoms with E-state index in [1.54, 1.807) is 6.20 Å². The number of pyridine rings is 1. The number of aromatic nitrogens is 2. The molecule has 1 atom stereocenters. The van der Waals surface area contributed by atoms with Gasteiger partial charge in [-0.05, 0) is 31.0 Å². The highest BCUT2D eigenvalue weighted by Gasteiger charge is 2.31. The topological polar surface area (TPSA) is 49.0 Å². The van der Waals surface area contributed by atoms with Crippen molar-refractivity contribution >= 4 is 16.9 Å². The molecule has 2 aromatic rings. The molecular formula is C17H23N3O. The summed E-state index contributed by atoms with van der Waals surface area (Å²) in [4.78, 5) is 22.3. The van der Waals surface area contributed by atoms with Gasteiger partial charge in [-0.3, -0.25) is 4.79 Å². The molecule has 4 heteroatoms. The van der Waals surface area contributed by atoms with Crippen molar-refractivity contribution < 1.29 is 4.79 Å². The first-order valence-corrected chi connectivity index (χ1v) is 7.68. The van der Waals surface area contributed by atoms with Crippen molar-refractivity contribution in [3.05, 3.63) is 30.1 Å². The van der Waals surface area contributed by atoms with Crippen LogP contribution in [0.4, 0.5) is 0 Å². The van der Waals surface area contributed by atoms with Gasteiger partial charge in [-0.1, -0.05) is 20.8 Å². The van der Waals surface area contributed by atoms with Gasteiger partial charge in [0.2, 0.25) is 5.91 Å². The average molecular weight is 285 g/mol. The number of carbonyl (C=O) groups is 1. The van der Waals surface area contributed by atoms with Gasteiger partial charge < -0.3 is 9.88 Å². The Kier molecular flexibility index (Phi) is 3.47. The molecule has 2 aromatic heterocycles. The Bertz CT molecular complexity index is 620. The zero-order valence-electron chi connectivity index (χ0n) is 13.0. The van der Waals surface area contributed by atoms with Crippen molar-refractivity contribution in [2.75, 3.05) is 13.1 Å². The van der Waals surface area contributed by atoms with Crippen LogP contribution in [0.25, 0.3) is 11.0 Å². The Balaban J connectivity index is 1.81. The quantitative estimate of drug-likeness (QED) is 0.874. The van der Waals surface area contributed by atoms with E-state index < -0.39 is 0 Å². The standard InChI is InChI=1S/C17H23N3O/c1-17(2,3)16(21)20-9-5-7-13(11-20)14-10-12-6-4-8-18-15(12)19-14/h4,6,8,10,13H,5,7,9,11H2,1-3H3,(H,18,19)/t13-/m1/s1. The molecule has 1 amide bonds. The monoisotopic (exact) mass is 285 g/mol. The molecule has 0 spiro atoms. The number of fused-ring (bicyclic) bond motifs is 1. The maximum Gasteiger partial charge on any atom is 0.227 e. The molecule has 112 valence electrons. The van der Waals surface area contributed by atoms with Crippen LogP contribution in [0.15, 0.2) is 24.4 Å². The smallest absolute Gasteiger partial charge is 0.227 e. The van der Waals surface area contributed by atoms with Crippen LogP contribution < -0.4 is 0 Å². The number of piperidine rings is 1. The van der Waals surface area contributed by atoms with E-state index in [0.717, 1.165) is 37.0 Å². The average Bonchev–Trinajstić information content (AvgIpc) is 2.89. The third-order valence-electron chi connectivity index (χ3n) is 4.20. The Morgan fingerprint density at radius 3 is 2.95 bits per heavy atom. The van der Waals surface area contributed by atoms with Crippen molar-refractivity contribution in [2.45, 2.75) is 39.5 Å². The lowest BCUT2D eigenvalue weighted by Gasteiger charge is -2.36. The molecule has 21 heavy (non-hydrogen) atoms. The van der Waals surface area contributed by atoms with Crippen molar-refractivity contribution in [1.82, 2.24) is 14.9 Å². The molecule has 1 N–H and O–H groups in total. The van der Waals surface area contributed by atoms with E-state index in [0.29, 0.717) is 5.92 Å². The minimum Gasteiger partial charge on any atom is -0.343 e. The molecular weight excluding hydrogens is 262 g/mol. The van der Waals surface area contributed by atoms with Gasteiger partial charge in [0.15, 0.2) is 0 Å². The number of H-pyrrole nitrogens is 1. The summed E-state index contributed by atoms with van der Waals surface area (Å²) in [6.07, 6.45) is 3.99. The predicted octanol–water partition coefficient (Wildman–Crippen LogP) is 3.32. The predicted molar refractivity (Wildman–Crippen MR) is 84.1 cm³/mol. The van der Waals surface area contributed by atoms with E-state index in [9.17, 15) is 4.79 Å². The maximum absolute atomic E-state index is 12.5. The van der Waals surface area contributed by atoms with E-state index in [4.69, 9.17) is 0 Å². The van der Waals surface area contributed by atoms with Gasteiger partial charge in [-0.2, -0.15) is 0 Å². The van der Waals surface area contributed by atoms with Crippen LogP contribution in [0.1, 0.15) is 45.2 Å². The first kappa shape index (κ1) is 14.1. The molecule has 1 fully saturated rings. The van der Waals surface area contributed by atoms with Crippen molar-refractivity contribution in [1.29, 1.82) is 0 Å². The van der Waals surface area contributed by atoms with Gasteiger partial charge in [-0.25, -0.2) is 4.98 Å². The minimum atomic E-state index is -0.302. The summed E-state index contributed by atoms with van der Waals surface area (Å²) in [5, 5.41) is 1.15. The van der Waals surface area contributed by atoms with Gasteiger partial charge in [0.05, 0.1) is 0 Å². The Hall–Kier alpha value is -1.84. The second kappa shape index (κ2) is 5.17. The lowest BCUT2D eigenvalue weighted by atomic mass is 9.90.